The molecule has 0 radical (unpaired) electrons. The summed E-state index contributed by atoms with van der Waals surface area (Å²) in [5.74, 6) is 1.17. The van der Waals surface area contributed by atoms with Crippen LogP contribution >= 0.6 is 0 Å². The third-order valence-corrected chi connectivity index (χ3v) is 7.41. The van der Waals surface area contributed by atoms with E-state index in [1.54, 1.807) is 31.4 Å². The van der Waals surface area contributed by atoms with Crippen LogP contribution in [-0.4, -0.2) is 56.8 Å². The molecular weight excluding hydrogens is 352 g/mol. The van der Waals surface area contributed by atoms with Crippen molar-refractivity contribution in [2.24, 2.45) is 11.8 Å². The van der Waals surface area contributed by atoms with E-state index in [0.29, 0.717) is 18.2 Å². The number of nitrogens with zero attached hydrogens (tertiary/aromatic N) is 2. The van der Waals surface area contributed by atoms with Crippen molar-refractivity contribution >= 4 is 15.9 Å². The number of benzene rings is 1. The third-order valence-electron chi connectivity index (χ3n) is 5.53. The Kier molecular flexibility index (Phi) is 5.87. The molecule has 2 heterocycles. The molecule has 0 spiro atoms. The first-order valence-electron chi connectivity index (χ1n) is 9.35. The monoisotopic (exact) mass is 380 g/mol. The topological polar surface area (TPSA) is 66.9 Å². The average molecular weight is 381 g/mol. The Bertz CT molecular complexity index is 724. The van der Waals surface area contributed by atoms with Gasteiger partial charge in [0.1, 0.15) is 5.75 Å². The fraction of sp³-hybridized carbons (Fsp3) is 0.632. The van der Waals surface area contributed by atoms with Crippen molar-refractivity contribution in [3.8, 4) is 5.75 Å². The number of methoxy groups -OCH3 is 1. The van der Waals surface area contributed by atoms with Gasteiger partial charge < -0.3 is 9.64 Å². The fourth-order valence-corrected chi connectivity index (χ4v) is 5.27. The van der Waals surface area contributed by atoms with Gasteiger partial charge in [0.25, 0.3) is 0 Å². The molecule has 0 aliphatic carbocycles. The van der Waals surface area contributed by atoms with Gasteiger partial charge in [-0.2, -0.15) is 4.31 Å². The number of sulfonamides is 1. The van der Waals surface area contributed by atoms with Crippen LogP contribution < -0.4 is 4.74 Å². The van der Waals surface area contributed by atoms with Gasteiger partial charge in [0.05, 0.1) is 17.9 Å². The second kappa shape index (κ2) is 7.96. The smallest absolute Gasteiger partial charge is 0.243 e. The lowest BCUT2D eigenvalue weighted by molar-refractivity contribution is -0.138. The number of rotatable bonds is 4. The van der Waals surface area contributed by atoms with Crippen LogP contribution in [0.4, 0.5) is 0 Å². The fourth-order valence-electron chi connectivity index (χ4n) is 3.75. The summed E-state index contributed by atoms with van der Waals surface area (Å²) < 4.78 is 32.4. The molecule has 7 heteroatoms. The van der Waals surface area contributed by atoms with Gasteiger partial charge >= 0.3 is 0 Å². The Morgan fingerprint density at radius 3 is 2.35 bits per heavy atom. The molecule has 0 N–H and O–H groups in total. The molecule has 1 amide bonds. The predicted octanol–water partition coefficient (Wildman–Crippen LogP) is 2.35. The van der Waals surface area contributed by atoms with Gasteiger partial charge in [0.2, 0.25) is 15.9 Å². The third kappa shape index (κ3) is 4.04. The van der Waals surface area contributed by atoms with Crippen LogP contribution in [0, 0.1) is 11.8 Å². The van der Waals surface area contributed by atoms with Crippen LogP contribution in [0.3, 0.4) is 0 Å². The minimum Gasteiger partial charge on any atom is -0.497 e. The predicted molar refractivity (Wildman–Crippen MR) is 99.5 cm³/mol. The lowest BCUT2D eigenvalue weighted by atomic mass is 9.94. The first kappa shape index (κ1) is 19.2. The summed E-state index contributed by atoms with van der Waals surface area (Å²) in [7, 11) is -2.04. The van der Waals surface area contributed by atoms with Crippen molar-refractivity contribution < 1.29 is 17.9 Å². The molecule has 3 rings (SSSR count). The second-order valence-electron chi connectivity index (χ2n) is 7.39. The zero-order chi connectivity index (χ0) is 18.7. The lowest BCUT2D eigenvalue weighted by Crippen LogP contribution is -2.48. The summed E-state index contributed by atoms with van der Waals surface area (Å²) in [6.45, 7) is 4.55. The highest BCUT2D eigenvalue weighted by Gasteiger charge is 2.35. The summed E-state index contributed by atoms with van der Waals surface area (Å²) in [4.78, 5) is 15.0. The minimum absolute atomic E-state index is 0.117. The van der Waals surface area contributed by atoms with Crippen molar-refractivity contribution in [2.45, 2.75) is 37.5 Å². The van der Waals surface area contributed by atoms with Gasteiger partial charge in [-0.05, 0) is 55.9 Å². The minimum atomic E-state index is -3.59. The van der Waals surface area contributed by atoms with Crippen molar-refractivity contribution in [1.29, 1.82) is 0 Å². The van der Waals surface area contributed by atoms with E-state index in [0.717, 1.165) is 38.8 Å². The zero-order valence-corrected chi connectivity index (χ0v) is 16.4. The van der Waals surface area contributed by atoms with Gasteiger partial charge in [-0.15, -0.1) is 0 Å². The molecule has 2 aliphatic heterocycles. The van der Waals surface area contributed by atoms with E-state index in [-0.39, 0.29) is 23.3 Å². The van der Waals surface area contributed by atoms with Gasteiger partial charge in [-0.3, -0.25) is 4.79 Å². The molecule has 1 atom stereocenters. The van der Waals surface area contributed by atoms with E-state index in [1.165, 1.54) is 4.31 Å². The first-order valence-corrected chi connectivity index (χ1v) is 10.8. The maximum atomic E-state index is 12.9. The molecule has 26 heavy (non-hydrogen) atoms. The SMILES string of the molecule is COc1ccc(S(=O)(=O)N2CCC[C@@H](C(=O)N3CCC(C)CC3)C2)cc1. The van der Waals surface area contributed by atoms with Gasteiger partial charge in [0, 0.05) is 26.2 Å². The van der Waals surface area contributed by atoms with E-state index in [4.69, 9.17) is 4.74 Å². The molecule has 0 unspecified atom stereocenters. The molecule has 144 valence electrons. The highest BCUT2D eigenvalue weighted by Crippen LogP contribution is 2.27. The van der Waals surface area contributed by atoms with E-state index in [2.05, 4.69) is 6.92 Å². The van der Waals surface area contributed by atoms with Crippen LogP contribution in [0.1, 0.15) is 32.6 Å². The van der Waals surface area contributed by atoms with Gasteiger partial charge in [-0.25, -0.2) is 8.42 Å². The lowest BCUT2D eigenvalue weighted by Gasteiger charge is -2.36. The number of hydrogen-bond donors (Lipinski definition) is 0. The van der Waals surface area contributed by atoms with Crippen LogP contribution in [0.5, 0.6) is 5.75 Å². The molecule has 1 aromatic rings. The van der Waals surface area contributed by atoms with Crippen molar-refractivity contribution in [1.82, 2.24) is 9.21 Å². The van der Waals surface area contributed by atoms with Crippen LogP contribution in [0.15, 0.2) is 29.2 Å². The van der Waals surface area contributed by atoms with Crippen molar-refractivity contribution in [3.63, 3.8) is 0 Å². The Morgan fingerprint density at radius 1 is 1.08 bits per heavy atom. The summed E-state index contributed by atoms with van der Waals surface area (Å²) >= 11 is 0. The van der Waals surface area contributed by atoms with E-state index < -0.39 is 10.0 Å². The largest absolute Gasteiger partial charge is 0.497 e. The van der Waals surface area contributed by atoms with Crippen LogP contribution in [0.25, 0.3) is 0 Å². The highest BCUT2D eigenvalue weighted by atomic mass is 32.2. The number of carbonyl (C=O) groups excluding carboxylic acids is 1. The number of piperidine rings is 2. The number of likely N-dealkylation sites (tertiary alicyclic amines) is 1. The number of ether oxygens (including phenoxy) is 1. The number of amides is 1. The van der Waals surface area contributed by atoms with Crippen LogP contribution in [-0.2, 0) is 14.8 Å². The maximum Gasteiger partial charge on any atom is 0.243 e. The second-order valence-corrected chi connectivity index (χ2v) is 9.32. The van der Waals surface area contributed by atoms with E-state index >= 15 is 0 Å². The standard InChI is InChI=1S/C19H28N2O4S/c1-15-9-12-20(13-10-15)19(22)16-4-3-11-21(14-16)26(23,24)18-7-5-17(25-2)6-8-18/h5-8,15-16H,3-4,9-14H2,1-2H3/t16-/m1/s1. The van der Waals surface area contributed by atoms with E-state index in [9.17, 15) is 13.2 Å². The molecule has 6 nitrogen and oxygen atoms in total. The molecule has 2 saturated heterocycles. The highest BCUT2D eigenvalue weighted by molar-refractivity contribution is 7.89. The molecule has 0 bridgehead atoms. The quantitative estimate of drug-likeness (QED) is 0.804. The summed E-state index contributed by atoms with van der Waals surface area (Å²) in [6, 6.07) is 6.42. The van der Waals surface area contributed by atoms with Crippen LogP contribution in [0.2, 0.25) is 0 Å². The molecule has 2 fully saturated rings. The molecule has 0 aromatic heterocycles. The molecular formula is C19H28N2O4S. The van der Waals surface area contributed by atoms with Crippen molar-refractivity contribution in [2.75, 3.05) is 33.3 Å². The van der Waals surface area contributed by atoms with Gasteiger partial charge in [0.15, 0.2) is 0 Å². The Balaban J connectivity index is 1.69. The Labute approximate surface area is 156 Å². The number of carbonyl (C=O) groups is 1. The van der Waals surface area contributed by atoms with Gasteiger partial charge in [-0.1, -0.05) is 6.92 Å². The normalized spacial score (nSPS) is 23.0. The molecule has 0 saturated carbocycles. The van der Waals surface area contributed by atoms with Crippen molar-refractivity contribution in [3.05, 3.63) is 24.3 Å². The Morgan fingerprint density at radius 2 is 1.73 bits per heavy atom. The van der Waals surface area contributed by atoms with E-state index in [1.807, 2.05) is 4.90 Å². The summed E-state index contributed by atoms with van der Waals surface area (Å²) in [5.41, 5.74) is 0. The molecule has 2 aliphatic rings. The number of hydrogen-bond acceptors (Lipinski definition) is 4. The summed E-state index contributed by atoms with van der Waals surface area (Å²) in [5, 5.41) is 0. The summed E-state index contributed by atoms with van der Waals surface area (Å²) in [6.07, 6.45) is 3.55. The first-order chi connectivity index (χ1) is 12.4. The maximum absolute atomic E-state index is 12.9. The Hall–Kier alpha value is -1.60. The average Bonchev–Trinajstić information content (AvgIpc) is 2.68. The zero-order valence-electron chi connectivity index (χ0n) is 15.6. The molecule has 1 aromatic carbocycles.